The molecule has 1 atom stereocenters. The average molecular weight is 235 g/mol. The Morgan fingerprint density at radius 1 is 1.41 bits per heavy atom. The van der Waals surface area contributed by atoms with Gasteiger partial charge in [0.1, 0.15) is 5.69 Å². The van der Waals surface area contributed by atoms with Crippen LogP contribution in [0.15, 0.2) is 12.1 Å². The van der Waals surface area contributed by atoms with Gasteiger partial charge in [0.15, 0.2) is 0 Å². The first-order chi connectivity index (χ1) is 8.08. The first-order valence-electron chi connectivity index (χ1n) is 6.46. The summed E-state index contributed by atoms with van der Waals surface area (Å²) in [5.74, 6) is 1.77. The molecular formula is C14H23N2O+. The quantitative estimate of drug-likeness (QED) is 0.815. The number of nitrogens with zero attached hydrogens (tertiary/aromatic N) is 1. The minimum atomic E-state index is 0.189. The summed E-state index contributed by atoms with van der Waals surface area (Å²) in [6.45, 7) is 10.5. The van der Waals surface area contributed by atoms with Gasteiger partial charge in [0.05, 0.1) is 19.6 Å². The molecule has 1 aliphatic rings. The SMILES string of the molecule is Cc1cc(C)[n+]2c(c1)NCCC2OCC(C)C. The van der Waals surface area contributed by atoms with Crippen LogP contribution in [0.25, 0.3) is 0 Å². The van der Waals surface area contributed by atoms with Crippen LogP contribution in [0.5, 0.6) is 0 Å². The summed E-state index contributed by atoms with van der Waals surface area (Å²) >= 11 is 0. The van der Waals surface area contributed by atoms with Crippen molar-refractivity contribution in [3.8, 4) is 0 Å². The third-order valence-electron chi connectivity index (χ3n) is 3.05. The fourth-order valence-electron chi connectivity index (χ4n) is 2.35. The van der Waals surface area contributed by atoms with E-state index in [0.717, 1.165) is 19.6 Å². The van der Waals surface area contributed by atoms with E-state index in [1.807, 2.05) is 0 Å². The number of fused-ring (bicyclic) bond motifs is 1. The highest BCUT2D eigenvalue weighted by Crippen LogP contribution is 2.19. The molecule has 17 heavy (non-hydrogen) atoms. The van der Waals surface area contributed by atoms with Gasteiger partial charge < -0.3 is 4.74 Å². The predicted octanol–water partition coefficient (Wildman–Crippen LogP) is 2.58. The molecule has 94 valence electrons. The predicted molar refractivity (Wildman–Crippen MR) is 69.0 cm³/mol. The number of aryl methyl sites for hydroxylation is 2. The number of ether oxygens (including phenoxy) is 1. The first-order valence-corrected chi connectivity index (χ1v) is 6.46. The smallest absolute Gasteiger partial charge is 0.276 e. The van der Waals surface area contributed by atoms with Gasteiger partial charge in [0.2, 0.25) is 6.23 Å². The van der Waals surface area contributed by atoms with Gasteiger partial charge in [-0.05, 0) is 31.4 Å². The molecule has 1 aromatic rings. The van der Waals surface area contributed by atoms with Crippen molar-refractivity contribution in [3.05, 3.63) is 23.4 Å². The molecule has 0 aromatic carbocycles. The monoisotopic (exact) mass is 235 g/mol. The fraction of sp³-hybridized carbons (Fsp3) is 0.643. The van der Waals surface area contributed by atoms with Crippen LogP contribution in [0.3, 0.4) is 0 Å². The molecule has 0 amide bonds. The Labute approximate surface area is 104 Å². The number of hydrogen-bond donors (Lipinski definition) is 1. The molecule has 0 bridgehead atoms. The molecule has 0 saturated heterocycles. The molecule has 1 aromatic heterocycles. The zero-order chi connectivity index (χ0) is 12.4. The number of pyridine rings is 1. The number of aromatic nitrogens is 1. The lowest BCUT2D eigenvalue weighted by atomic mass is 10.2. The van der Waals surface area contributed by atoms with Crippen molar-refractivity contribution in [3.63, 3.8) is 0 Å². The summed E-state index contributed by atoms with van der Waals surface area (Å²) < 4.78 is 8.29. The average Bonchev–Trinajstić information content (AvgIpc) is 2.25. The second-order valence-corrected chi connectivity index (χ2v) is 5.33. The normalized spacial score (nSPS) is 19.0. The van der Waals surface area contributed by atoms with Crippen LogP contribution in [0.4, 0.5) is 5.82 Å². The number of anilines is 1. The van der Waals surface area contributed by atoms with Gasteiger partial charge in [-0.15, -0.1) is 0 Å². The molecule has 0 radical (unpaired) electrons. The minimum absolute atomic E-state index is 0.189. The molecule has 2 rings (SSSR count). The Kier molecular flexibility index (Phi) is 3.67. The maximum absolute atomic E-state index is 6.01. The maximum Gasteiger partial charge on any atom is 0.276 e. The van der Waals surface area contributed by atoms with Crippen molar-refractivity contribution < 1.29 is 9.30 Å². The van der Waals surface area contributed by atoms with Crippen molar-refractivity contribution in [1.29, 1.82) is 0 Å². The summed E-state index contributed by atoms with van der Waals surface area (Å²) in [5, 5.41) is 3.44. The third-order valence-corrected chi connectivity index (χ3v) is 3.05. The topological polar surface area (TPSA) is 25.1 Å². The second-order valence-electron chi connectivity index (χ2n) is 5.33. The van der Waals surface area contributed by atoms with E-state index in [1.54, 1.807) is 0 Å². The van der Waals surface area contributed by atoms with E-state index >= 15 is 0 Å². The van der Waals surface area contributed by atoms with Crippen molar-refractivity contribution >= 4 is 5.82 Å². The van der Waals surface area contributed by atoms with E-state index < -0.39 is 0 Å². The second kappa shape index (κ2) is 5.05. The highest BCUT2D eigenvalue weighted by Gasteiger charge is 2.28. The lowest BCUT2D eigenvalue weighted by molar-refractivity contribution is -0.759. The Morgan fingerprint density at radius 2 is 2.18 bits per heavy atom. The highest BCUT2D eigenvalue weighted by atomic mass is 16.5. The van der Waals surface area contributed by atoms with Gasteiger partial charge >= 0.3 is 0 Å². The van der Waals surface area contributed by atoms with Crippen LogP contribution >= 0.6 is 0 Å². The van der Waals surface area contributed by atoms with Crippen molar-refractivity contribution in [2.24, 2.45) is 5.92 Å². The third kappa shape index (κ3) is 2.78. The zero-order valence-electron chi connectivity index (χ0n) is 11.3. The van der Waals surface area contributed by atoms with E-state index in [1.165, 1.54) is 17.1 Å². The molecule has 1 N–H and O–H groups in total. The van der Waals surface area contributed by atoms with Crippen molar-refractivity contribution in [1.82, 2.24) is 0 Å². The fourth-order valence-corrected chi connectivity index (χ4v) is 2.35. The first kappa shape index (κ1) is 12.4. The van der Waals surface area contributed by atoms with Gasteiger partial charge in [-0.1, -0.05) is 13.8 Å². The van der Waals surface area contributed by atoms with Gasteiger partial charge in [-0.3, -0.25) is 5.32 Å². The van der Waals surface area contributed by atoms with E-state index in [0.29, 0.717) is 5.92 Å². The summed E-state index contributed by atoms with van der Waals surface area (Å²) in [7, 11) is 0. The number of hydrogen-bond acceptors (Lipinski definition) is 2. The van der Waals surface area contributed by atoms with Crippen LogP contribution in [0, 0.1) is 19.8 Å². The molecule has 0 fully saturated rings. The molecule has 1 unspecified atom stereocenters. The van der Waals surface area contributed by atoms with E-state index in [-0.39, 0.29) is 6.23 Å². The van der Waals surface area contributed by atoms with Gasteiger partial charge in [-0.25, -0.2) is 4.57 Å². The lowest BCUT2D eigenvalue weighted by Gasteiger charge is -2.25. The lowest BCUT2D eigenvalue weighted by Crippen LogP contribution is -2.50. The molecule has 1 aliphatic heterocycles. The van der Waals surface area contributed by atoms with Crippen molar-refractivity contribution in [2.45, 2.75) is 40.3 Å². The maximum atomic E-state index is 6.01. The van der Waals surface area contributed by atoms with Gasteiger partial charge in [0.25, 0.3) is 5.82 Å². The van der Waals surface area contributed by atoms with Crippen LogP contribution in [-0.2, 0) is 4.74 Å². The molecule has 3 heteroatoms. The van der Waals surface area contributed by atoms with E-state index in [4.69, 9.17) is 4.74 Å². The summed E-state index contributed by atoms with van der Waals surface area (Å²) in [5.41, 5.74) is 2.56. The zero-order valence-corrected chi connectivity index (χ0v) is 11.3. The minimum Gasteiger partial charge on any atom is -0.339 e. The largest absolute Gasteiger partial charge is 0.339 e. The van der Waals surface area contributed by atoms with Crippen molar-refractivity contribution in [2.75, 3.05) is 18.5 Å². The molecular weight excluding hydrogens is 212 g/mol. The van der Waals surface area contributed by atoms with Crippen LogP contribution < -0.4 is 9.88 Å². The molecule has 2 heterocycles. The number of rotatable bonds is 3. The van der Waals surface area contributed by atoms with Gasteiger partial charge in [-0.2, -0.15) is 0 Å². The Hall–Kier alpha value is -1.09. The molecule has 3 nitrogen and oxygen atoms in total. The van der Waals surface area contributed by atoms with E-state index in [2.05, 4.69) is 49.7 Å². The van der Waals surface area contributed by atoms with Gasteiger partial charge in [0, 0.05) is 6.07 Å². The summed E-state index contributed by atoms with van der Waals surface area (Å²) in [4.78, 5) is 0. The van der Waals surface area contributed by atoms with Crippen LogP contribution in [0.2, 0.25) is 0 Å². The summed E-state index contributed by atoms with van der Waals surface area (Å²) in [6, 6.07) is 4.40. The number of nitrogens with one attached hydrogen (secondary N) is 1. The Bertz CT molecular complexity index is 401. The summed E-state index contributed by atoms with van der Waals surface area (Å²) in [6.07, 6.45) is 1.23. The standard InChI is InChI=1S/C14H22N2O/c1-10(2)9-17-14-5-6-15-13-8-11(3)7-12(4)16(13)14/h7-8,10,14H,5-6,9H2,1-4H3/p+1. The Morgan fingerprint density at radius 3 is 2.88 bits per heavy atom. The highest BCUT2D eigenvalue weighted by molar-refractivity contribution is 5.34. The van der Waals surface area contributed by atoms with Crippen LogP contribution in [0.1, 0.15) is 37.8 Å². The van der Waals surface area contributed by atoms with E-state index in [9.17, 15) is 0 Å². The van der Waals surface area contributed by atoms with Crippen LogP contribution in [-0.4, -0.2) is 13.2 Å². The molecule has 0 saturated carbocycles. The molecule has 0 aliphatic carbocycles. The molecule has 0 spiro atoms. The Balaban J connectivity index is 2.24.